The third-order valence-electron chi connectivity index (χ3n) is 4.27. The van der Waals surface area contributed by atoms with E-state index < -0.39 is 0 Å². The first-order chi connectivity index (χ1) is 12.7. The van der Waals surface area contributed by atoms with Crippen molar-refractivity contribution in [2.45, 2.75) is 19.4 Å². The summed E-state index contributed by atoms with van der Waals surface area (Å²) in [6, 6.07) is 19.4. The largest absolute Gasteiger partial charge is 0.459 e. The molecule has 0 radical (unpaired) electrons. The number of para-hydroxylation sites is 2. The number of carbonyl (C=O) groups excluding carboxylic acids is 1. The van der Waals surface area contributed by atoms with Crippen LogP contribution in [-0.2, 0) is 11.2 Å². The standard InChI is InChI=1S/C21H19N3O2/c1-15(20-12-17-7-5-6-10-19(17)26-20)23-21(25)11-16-13-22-24(14-16)18-8-3-2-4-9-18/h2-10,12-15H,11H2,1H3,(H,23,25). The van der Waals surface area contributed by atoms with Gasteiger partial charge in [0.05, 0.1) is 24.3 Å². The summed E-state index contributed by atoms with van der Waals surface area (Å²) in [5.41, 5.74) is 2.66. The SMILES string of the molecule is CC(NC(=O)Cc1cnn(-c2ccccc2)c1)c1cc2ccccc2o1. The molecule has 2 heterocycles. The normalized spacial score (nSPS) is 12.2. The average molecular weight is 345 g/mol. The highest BCUT2D eigenvalue weighted by Crippen LogP contribution is 2.23. The first kappa shape index (κ1) is 16.1. The van der Waals surface area contributed by atoms with Crippen LogP contribution in [0.2, 0.25) is 0 Å². The zero-order valence-corrected chi connectivity index (χ0v) is 14.4. The lowest BCUT2D eigenvalue weighted by molar-refractivity contribution is -0.121. The van der Waals surface area contributed by atoms with Crippen LogP contribution < -0.4 is 5.32 Å². The van der Waals surface area contributed by atoms with Gasteiger partial charge in [0.15, 0.2) is 0 Å². The van der Waals surface area contributed by atoms with Crippen molar-refractivity contribution in [2.24, 2.45) is 0 Å². The Labute approximate surface area is 151 Å². The van der Waals surface area contributed by atoms with Crippen LogP contribution in [-0.4, -0.2) is 15.7 Å². The van der Waals surface area contributed by atoms with Crippen LogP contribution in [0.3, 0.4) is 0 Å². The van der Waals surface area contributed by atoms with Crippen LogP contribution in [0.15, 0.2) is 77.5 Å². The summed E-state index contributed by atoms with van der Waals surface area (Å²) in [5, 5.41) is 8.34. The molecule has 5 nitrogen and oxygen atoms in total. The molecule has 0 aliphatic heterocycles. The molecule has 0 fully saturated rings. The van der Waals surface area contributed by atoms with Gasteiger partial charge in [-0.1, -0.05) is 36.4 Å². The Morgan fingerprint density at radius 2 is 1.92 bits per heavy atom. The molecule has 1 unspecified atom stereocenters. The van der Waals surface area contributed by atoms with Crippen molar-refractivity contribution in [3.63, 3.8) is 0 Å². The van der Waals surface area contributed by atoms with Crippen molar-refractivity contribution in [2.75, 3.05) is 0 Å². The number of carbonyl (C=O) groups is 1. The second kappa shape index (κ2) is 6.88. The minimum absolute atomic E-state index is 0.0643. The zero-order valence-electron chi connectivity index (χ0n) is 14.4. The Kier molecular flexibility index (Phi) is 4.27. The third kappa shape index (κ3) is 3.37. The number of hydrogen-bond acceptors (Lipinski definition) is 3. The Bertz CT molecular complexity index is 1000. The van der Waals surface area contributed by atoms with E-state index in [0.29, 0.717) is 0 Å². The van der Waals surface area contributed by atoms with Crippen molar-refractivity contribution in [1.82, 2.24) is 15.1 Å². The van der Waals surface area contributed by atoms with Crippen molar-refractivity contribution < 1.29 is 9.21 Å². The second-order valence-electron chi connectivity index (χ2n) is 6.28. The number of amides is 1. The molecular formula is C21H19N3O2. The highest BCUT2D eigenvalue weighted by molar-refractivity contribution is 5.80. The number of nitrogens with zero attached hydrogens (tertiary/aromatic N) is 2. The number of aromatic nitrogens is 2. The maximum atomic E-state index is 12.4. The quantitative estimate of drug-likeness (QED) is 0.594. The number of fused-ring (bicyclic) bond motifs is 1. The molecule has 1 N–H and O–H groups in total. The molecule has 2 aromatic heterocycles. The van der Waals surface area contributed by atoms with Gasteiger partial charge in [0.2, 0.25) is 5.91 Å². The Balaban J connectivity index is 1.41. The van der Waals surface area contributed by atoms with E-state index in [-0.39, 0.29) is 18.4 Å². The third-order valence-corrected chi connectivity index (χ3v) is 4.27. The van der Waals surface area contributed by atoms with E-state index in [1.807, 2.05) is 73.8 Å². The zero-order chi connectivity index (χ0) is 17.9. The molecule has 130 valence electrons. The van der Waals surface area contributed by atoms with E-state index in [1.54, 1.807) is 10.9 Å². The molecule has 2 aromatic carbocycles. The average Bonchev–Trinajstić information content (AvgIpc) is 3.29. The molecule has 0 bridgehead atoms. The summed E-state index contributed by atoms with van der Waals surface area (Å²) < 4.78 is 7.58. The number of rotatable bonds is 5. The monoisotopic (exact) mass is 345 g/mol. The molecular weight excluding hydrogens is 326 g/mol. The van der Waals surface area contributed by atoms with Crippen molar-refractivity contribution >= 4 is 16.9 Å². The minimum Gasteiger partial charge on any atom is -0.459 e. The van der Waals surface area contributed by atoms with Crippen LogP contribution in [0.5, 0.6) is 0 Å². The molecule has 0 aliphatic carbocycles. The predicted molar refractivity (Wildman–Crippen MR) is 100 cm³/mol. The van der Waals surface area contributed by atoms with Gasteiger partial charge in [0.1, 0.15) is 11.3 Å². The topological polar surface area (TPSA) is 60.1 Å². The molecule has 4 rings (SSSR count). The van der Waals surface area contributed by atoms with E-state index in [1.165, 1.54) is 0 Å². The van der Waals surface area contributed by atoms with Gasteiger partial charge < -0.3 is 9.73 Å². The molecule has 0 saturated heterocycles. The van der Waals surface area contributed by atoms with Crippen molar-refractivity contribution in [3.8, 4) is 5.69 Å². The summed E-state index contributed by atoms with van der Waals surface area (Å²) in [4.78, 5) is 12.4. The van der Waals surface area contributed by atoms with Crippen LogP contribution in [0, 0.1) is 0 Å². The van der Waals surface area contributed by atoms with Crippen molar-refractivity contribution in [1.29, 1.82) is 0 Å². The highest BCUT2D eigenvalue weighted by atomic mass is 16.3. The summed E-state index contributed by atoms with van der Waals surface area (Å²) in [7, 11) is 0. The highest BCUT2D eigenvalue weighted by Gasteiger charge is 2.15. The lowest BCUT2D eigenvalue weighted by atomic mass is 10.2. The Morgan fingerprint density at radius 1 is 1.15 bits per heavy atom. The van der Waals surface area contributed by atoms with E-state index in [4.69, 9.17) is 4.42 Å². The first-order valence-electron chi connectivity index (χ1n) is 8.56. The van der Waals surface area contributed by atoms with Gasteiger partial charge in [0.25, 0.3) is 0 Å². The summed E-state index contributed by atoms with van der Waals surface area (Å²) in [6.45, 7) is 1.92. The van der Waals surface area contributed by atoms with Crippen LogP contribution in [0.1, 0.15) is 24.3 Å². The lowest BCUT2D eigenvalue weighted by Gasteiger charge is -2.10. The summed E-state index contributed by atoms with van der Waals surface area (Å²) in [5.74, 6) is 0.685. The first-order valence-corrected chi connectivity index (χ1v) is 8.56. The fraction of sp³-hybridized carbons (Fsp3) is 0.143. The molecule has 1 amide bonds. The minimum atomic E-state index is -0.195. The number of hydrogen-bond donors (Lipinski definition) is 1. The lowest BCUT2D eigenvalue weighted by Crippen LogP contribution is -2.27. The van der Waals surface area contributed by atoms with Gasteiger partial charge in [-0.25, -0.2) is 4.68 Å². The van der Waals surface area contributed by atoms with E-state index in [2.05, 4.69) is 10.4 Å². The van der Waals surface area contributed by atoms with Gasteiger partial charge in [-0.05, 0) is 36.8 Å². The fourth-order valence-electron chi connectivity index (χ4n) is 2.94. The van der Waals surface area contributed by atoms with E-state index >= 15 is 0 Å². The summed E-state index contributed by atoms with van der Waals surface area (Å²) in [6.07, 6.45) is 3.87. The summed E-state index contributed by atoms with van der Waals surface area (Å²) >= 11 is 0. The molecule has 5 heteroatoms. The molecule has 26 heavy (non-hydrogen) atoms. The van der Waals surface area contributed by atoms with E-state index in [9.17, 15) is 4.79 Å². The second-order valence-corrected chi connectivity index (χ2v) is 6.28. The van der Waals surface area contributed by atoms with Crippen LogP contribution >= 0.6 is 0 Å². The molecule has 0 spiro atoms. The molecule has 1 atom stereocenters. The maximum absolute atomic E-state index is 12.4. The van der Waals surface area contributed by atoms with Gasteiger partial charge in [0, 0.05) is 11.6 Å². The number of nitrogens with one attached hydrogen (secondary N) is 1. The van der Waals surface area contributed by atoms with Crippen LogP contribution in [0.25, 0.3) is 16.7 Å². The number of furan rings is 1. The predicted octanol–water partition coefficient (Wildman–Crippen LogP) is 4.04. The van der Waals surface area contributed by atoms with Crippen molar-refractivity contribution in [3.05, 3.63) is 84.4 Å². The molecule has 0 aliphatic rings. The smallest absolute Gasteiger partial charge is 0.225 e. The van der Waals surface area contributed by atoms with Crippen LogP contribution in [0.4, 0.5) is 0 Å². The molecule has 0 saturated carbocycles. The van der Waals surface area contributed by atoms with Gasteiger partial charge in [-0.2, -0.15) is 5.10 Å². The van der Waals surface area contributed by atoms with Gasteiger partial charge in [-0.3, -0.25) is 4.79 Å². The Hall–Kier alpha value is -3.34. The Morgan fingerprint density at radius 3 is 2.73 bits per heavy atom. The maximum Gasteiger partial charge on any atom is 0.225 e. The van der Waals surface area contributed by atoms with E-state index in [0.717, 1.165) is 28.0 Å². The fourth-order valence-corrected chi connectivity index (χ4v) is 2.94. The van der Waals surface area contributed by atoms with Gasteiger partial charge in [-0.15, -0.1) is 0 Å². The number of benzene rings is 2. The molecule has 4 aromatic rings. The van der Waals surface area contributed by atoms with Gasteiger partial charge >= 0.3 is 0 Å².